The van der Waals surface area contributed by atoms with Crippen molar-refractivity contribution in [1.82, 2.24) is 9.88 Å². The lowest BCUT2D eigenvalue weighted by molar-refractivity contribution is -0.143. The molecule has 2 unspecified atom stereocenters. The summed E-state index contributed by atoms with van der Waals surface area (Å²) in [5, 5.41) is 1.91. The third-order valence-electron chi connectivity index (χ3n) is 4.95. The lowest BCUT2D eigenvalue weighted by Crippen LogP contribution is -2.48. The molecule has 7 heteroatoms. The summed E-state index contributed by atoms with van der Waals surface area (Å²) in [5.74, 6) is -0.0793. The number of esters is 1. The molecule has 1 aromatic carbocycles. The Morgan fingerprint density at radius 3 is 2.96 bits per heavy atom. The number of hydrogen-bond acceptors (Lipinski definition) is 6. The highest BCUT2D eigenvalue weighted by atomic mass is 32.1. The molecule has 3 rings (SSSR count). The number of likely N-dealkylation sites (tertiary alicyclic amines) is 1. The monoisotopic (exact) mass is 402 g/mol. The molecule has 1 aliphatic rings. The first-order valence-corrected chi connectivity index (χ1v) is 10.6. The molecule has 1 aromatic heterocycles. The average molecular weight is 403 g/mol. The van der Waals surface area contributed by atoms with E-state index in [4.69, 9.17) is 9.47 Å². The molecule has 2 atom stereocenters. The topological polar surface area (TPSA) is 68.7 Å². The van der Waals surface area contributed by atoms with Gasteiger partial charge in [0.1, 0.15) is 12.4 Å². The van der Waals surface area contributed by atoms with Crippen LogP contribution < -0.4 is 4.74 Å². The zero-order chi connectivity index (χ0) is 19.9. The van der Waals surface area contributed by atoms with Crippen molar-refractivity contribution >= 4 is 23.2 Å². The van der Waals surface area contributed by atoms with Crippen LogP contribution in [-0.4, -0.2) is 40.5 Å². The van der Waals surface area contributed by atoms with Crippen LogP contribution in [-0.2, 0) is 16.1 Å². The number of rotatable bonds is 7. The van der Waals surface area contributed by atoms with E-state index in [0.717, 1.165) is 37.9 Å². The van der Waals surface area contributed by atoms with Crippen LogP contribution >= 0.6 is 11.3 Å². The maximum Gasteiger partial charge on any atom is 0.339 e. The smallest absolute Gasteiger partial charge is 0.339 e. The molecule has 6 nitrogen and oxygen atoms in total. The van der Waals surface area contributed by atoms with Crippen LogP contribution in [0.25, 0.3) is 0 Å². The number of carbonyl (C=O) groups excluding carboxylic acids is 2. The van der Waals surface area contributed by atoms with Crippen molar-refractivity contribution in [2.24, 2.45) is 0 Å². The van der Waals surface area contributed by atoms with Crippen molar-refractivity contribution < 1.29 is 19.1 Å². The molecule has 1 fully saturated rings. The Hall–Kier alpha value is -2.41. The quantitative estimate of drug-likeness (QED) is 0.653. The second kappa shape index (κ2) is 9.68. The normalized spacial score (nSPS) is 17.8. The summed E-state index contributed by atoms with van der Waals surface area (Å²) < 4.78 is 11.1. The fraction of sp³-hybridized carbons (Fsp3) is 0.476. The van der Waals surface area contributed by atoms with E-state index in [-0.39, 0.29) is 11.9 Å². The van der Waals surface area contributed by atoms with E-state index in [0.29, 0.717) is 17.9 Å². The number of hydrogen-bond donors (Lipinski definition) is 0. The molecule has 1 saturated heterocycles. The van der Waals surface area contributed by atoms with Gasteiger partial charge in [0, 0.05) is 18.0 Å². The molecule has 2 heterocycles. The minimum absolute atomic E-state index is 0.115. The van der Waals surface area contributed by atoms with E-state index in [1.54, 1.807) is 36.7 Å². The maximum absolute atomic E-state index is 12.8. The summed E-state index contributed by atoms with van der Waals surface area (Å²) in [7, 11) is 0. The first-order valence-electron chi connectivity index (χ1n) is 9.70. The first kappa shape index (κ1) is 20.3. The number of amides is 1. The Balaban J connectivity index is 1.58. The van der Waals surface area contributed by atoms with Gasteiger partial charge in [-0.1, -0.05) is 13.0 Å². The minimum atomic E-state index is -0.806. The van der Waals surface area contributed by atoms with Crippen molar-refractivity contribution in [3.63, 3.8) is 0 Å². The maximum atomic E-state index is 12.8. The van der Waals surface area contributed by atoms with Crippen molar-refractivity contribution in [2.45, 2.75) is 58.3 Å². The van der Waals surface area contributed by atoms with Gasteiger partial charge >= 0.3 is 5.97 Å². The molecule has 2 aromatic rings. The average Bonchev–Trinajstić information content (AvgIpc) is 3.25. The number of piperidine rings is 1. The Labute approximate surface area is 169 Å². The van der Waals surface area contributed by atoms with Gasteiger partial charge in [0.15, 0.2) is 6.10 Å². The molecule has 150 valence electrons. The van der Waals surface area contributed by atoms with E-state index in [1.807, 2.05) is 10.3 Å². The molecule has 0 aliphatic carbocycles. The summed E-state index contributed by atoms with van der Waals surface area (Å²) in [4.78, 5) is 31.3. The van der Waals surface area contributed by atoms with Crippen LogP contribution in [0, 0.1) is 0 Å². The third kappa shape index (κ3) is 5.10. The van der Waals surface area contributed by atoms with E-state index in [1.165, 1.54) is 11.3 Å². The van der Waals surface area contributed by atoms with Crippen LogP contribution in [0.4, 0.5) is 0 Å². The molecule has 0 bridgehead atoms. The van der Waals surface area contributed by atoms with Gasteiger partial charge in [-0.05, 0) is 50.8 Å². The second-order valence-electron chi connectivity index (χ2n) is 6.93. The van der Waals surface area contributed by atoms with Crippen molar-refractivity contribution in [3.05, 3.63) is 46.4 Å². The Morgan fingerprint density at radius 1 is 1.36 bits per heavy atom. The van der Waals surface area contributed by atoms with Gasteiger partial charge in [-0.25, -0.2) is 9.78 Å². The van der Waals surface area contributed by atoms with Gasteiger partial charge in [0.25, 0.3) is 5.91 Å². The van der Waals surface area contributed by atoms with E-state index >= 15 is 0 Å². The Morgan fingerprint density at radius 2 is 2.21 bits per heavy atom. The minimum Gasteiger partial charge on any atom is -0.487 e. The third-order valence-corrected chi connectivity index (χ3v) is 5.59. The number of thiazole rings is 1. The predicted molar refractivity (Wildman–Crippen MR) is 107 cm³/mol. The number of ether oxygens (including phenoxy) is 2. The highest BCUT2D eigenvalue weighted by Crippen LogP contribution is 2.22. The Bertz CT molecular complexity index is 793. The molecular weight excluding hydrogens is 376 g/mol. The van der Waals surface area contributed by atoms with E-state index in [9.17, 15) is 9.59 Å². The zero-order valence-electron chi connectivity index (χ0n) is 16.3. The molecule has 1 aliphatic heterocycles. The fourth-order valence-electron chi connectivity index (χ4n) is 3.41. The van der Waals surface area contributed by atoms with E-state index < -0.39 is 12.1 Å². The molecule has 0 spiro atoms. The molecule has 1 amide bonds. The number of aromatic nitrogens is 1. The van der Waals surface area contributed by atoms with Crippen LogP contribution in [0.5, 0.6) is 5.75 Å². The predicted octanol–water partition coefficient (Wildman–Crippen LogP) is 4.06. The highest BCUT2D eigenvalue weighted by Gasteiger charge is 2.30. The molecule has 28 heavy (non-hydrogen) atoms. The Kier molecular flexibility index (Phi) is 7.03. The fourth-order valence-corrected chi connectivity index (χ4v) is 3.95. The van der Waals surface area contributed by atoms with Gasteiger partial charge in [0.2, 0.25) is 0 Å². The van der Waals surface area contributed by atoms with Crippen LogP contribution in [0.3, 0.4) is 0 Å². The van der Waals surface area contributed by atoms with Crippen LogP contribution in [0.15, 0.2) is 35.2 Å². The summed E-state index contributed by atoms with van der Waals surface area (Å²) in [6.45, 7) is 4.80. The summed E-state index contributed by atoms with van der Waals surface area (Å²) in [6, 6.07) is 7.03. The molecule has 0 saturated carbocycles. The molecule has 0 radical (unpaired) electrons. The van der Waals surface area contributed by atoms with Gasteiger partial charge < -0.3 is 14.4 Å². The summed E-state index contributed by atoms with van der Waals surface area (Å²) in [6.07, 6.45) is 3.27. The lowest BCUT2D eigenvalue weighted by atomic mass is 9.99. The number of carbonyl (C=O) groups is 2. The first-order chi connectivity index (χ1) is 13.6. The highest BCUT2D eigenvalue weighted by molar-refractivity contribution is 7.07. The van der Waals surface area contributed by atoms with Gasteiger partial charge in [-0.2, -0.15) is 0 Å². The van der Waals surface area contributed by atoms with E-state index in [2.05, 4.69) is 11.9 Å². The van der Waals surface area contributed by atoms with Crippen LogP contribution in [0.1, 0.15) is 55.6 Å². The summed E-state index contributed by atoms with van der Waals surface area (Å²) >= 11 is 1.50. The number of benzene rings is 1. The standard InChI is InChI=1S/C21H26N2O4S/c1-3-18-8-4-5-10-23(18)20(24)15(2)27-21(25)16-7-6-9-19(11-16)26-12-17-13-28-14-22-17/h6-7,9,11,13-15,18H,3-5,8,10,12H2,1-2H3. The van der Waals surface area contributed by atoms with Gasteiger partial charge in [0.05, 0.1) is 16.8 Å². The molecular formula is C21H26N2O4S. The molecule has 0 N–H and O–H groups in total. The lowest BCUT2D eigenvalue weighted by Gasteiger charge is -2.36. The van der Waals surface area contributed by atoms with Crippen molar-refractivity contribution in [2.75, 3.05) is 6.54 Å². The number of nitrogens with zero attached hydrogens (tertiary/aromatic N) is 2. The van der Waals surface area contributed by atoms with Crippen molar-refractivity contribution in [1.29, 1.82) is 0 Å². The summed E-state index contributed by atoms with van der Waals surface area (Å²) in [5.41, 5.74) is 2.95. The van der Waals surface area contributed by atoms with Crippen LogP contribution in [0.2, 0.25) is 0 Å². The SMILES string of the molecule is CCC1CCCCN1C(=O)C(C)OC(=O)c1cccc(OCc2cscn2)c1. The largest absolute Gasteiger partial charge is 0.487 e. The van der Waals surface area contributed by atoms with Crippen molar-refractivity contribution in [3.8, 4) is 5.75 Å². The van der Waals surface area contributed by atoms with Gasteiger partial charge in [-0.15, -0.1) is 11.3 Å². The van der Waals surface area contributed by atoms with Gasteiger partial charge in [-0.3, -0.25) is 4.79 Å². The zero-order valence-corrected chi connectivity index (χ0v) is 17.1. The second-order valence-corrected chi connectivity index (χ2v) is 7.65.